The Morgan fingerprint density at radius 2 is 2.00 bits per heavy atom. The largest absolute Gasteiger partial charge is 0.481 e. The smallest absolute Gasteiger partial charge is 0.326 e. The van der Waals surface area contributed by atoms with Gasteiger partial charge in [-0.3, -0.25) is 9.48 Å². The summed E-state index contributed by atoms with van der Waals surface area (Å²) in [6, 6.07) is -0.414. The summed E-state index contributed by atoms with van der Waals surface area (Å²) in [5.41, 5.74) is 0. The first-order valence-electron chi connectivity index (χ1n) is 6.37. The number of nitrogens with one attached hydrogen (secondary N) is 2. The number of rotatable bonds is 8. The third-order valence-corrected chi connectivity index (χ3v) is 2.65. The molecule has 1 aromatic heterocycles. The second-order valence-electron chi connectivity index (χ2n) is 4.57. The molecule has 0 spiro atoms. The van der Waals surface area contributed by atoms with Gasteiger partial charge in [-0.05, 0) is 19.4 Å². The molecule has 4 N–H and O–H groups in total. The molecule has 116 valence electrons. The van der Waals surface area contributed by atoms with E-state index in [1.165, 1.54) is 0 Å². The van der Waals surface area contributed by atoms with Gasteiger partial charge in [-0.1, -0.05) is 0 Å². The summed E-state index contributed by atoms with van der Waals surface area (Å²) in [6.45, 7) is 2.18. The van der Waals surface area contributed by atoms with E-state index in [0.29, 0.717) is 6.54 Å². The first kappa shape index (κ1) is 16.5. The van der Waals surface area contributed by atoms with Gasteiger partial charge in [0.1, 0.15) is 6.04 Å². The van der Waals surface area contributed by atoms with Gasteiger partial charge < -0.3 is 20.8 Å². The molecule has 1 unspecified atom stereocenters. The molecule has 1 aromatic rings. The van der Waals surface area contributed by atoms with Gasteiger partial charge in [-0.2, -0.15) is 5.10 Å². The zero-order chi connectivity index (χ0) is 15.8. The van der Waals surface area contributed by atoms with E-state index in [2.05, 4.69) is 15.7 Å². The molecule has 21 heavy (non-hydrogen) atoms. The van der Waals surface area contributed by atoms with Crippen LogP contribution in [0.4, 0.5) is 4.79 Å². The Hall–Kier alpha value is -2.58. The summed E-state index contributed by atoms with van der Waals surface area (Å²) >= 11 is 0. The van der Waals surface area contributed by atoms with Crippen LogP contribution in [-0.2, 0) is 16.1 Å². The number of carboxylic acid groups (broad SMARTS) is 2. The minimum absolute atomic E-state index is 0.175. The van der Waals surface area contributed by atoms with Crippen LogP contribution in [0.2, 0.25) is 0 Å². The summed E-state index contributed by atoms with van der Waals surface area (Å²) in [4.78, 5) is 33.1. The van der Waals surface area contributed by atoms with E-state index in [0.717, 1.165) is 0 Å². The van der Waals surface area contributed by atoms with Gasteiger partial charge in [-0.15, -0.1) is 0 Å². The van der Waals surface area contributed by atoms with E-state index in [9.17, 15) is 14.4 Å². The van der Waals surface area contributed by atoms with E-state index in [-0.39, 0.29) is 18.9 Å². The number of hydrogen-bond donors (Lipinski definition) is 4. The molecule has 1 heterocycles. The molecule has 0 bridgehead atoms. The van der Waals surface area contributed by atoms with Crippen molar-refractivity contribution in [3.63, 3.8) is 0 Å². The predicted octanol–water partition coefficient (Wildman–Crippen LogP) is -0.111. The number of carboxylic acids is 2. The number of aliphatic carboxylic acids is 2. The van der Waals surface area contributed by atoms with Crippen LogP contribution in [0.25, 0.3) is 0 Å². The molecule has 0 aliphatic rings. The average molecular weight is 298 g/mol. The van der Waals surface area contributed by atoms with Gasteiger partial charge in [-0.25, -0.2) is 9.59 Å². The second-order valence-corrected chi connectivity index (χ2v) is 4.57. The van der Waals surface area contributed by atoms with Gasteiger partial charge in [0.25, 0.3) is 0 Å². The fourth-order valence-electron chi connectivity index (χ4n) is 1.68. The van der Waals surface area contributed by atoms with Gasteiger partial charge in [0.15, 0.2) is 0 Å². The van der Waals surface area contributed by atoms with E-state index < -0.39 is 24.0 Å². The summed E-state index contributed by atoms with van der Waals surface area (Å²) in [6.07, 6.45) is 2.84. The van der Waals surface area contributed by atoms with Crippen LogP contribution in [0.15, 0.2) is 18.5 Å². The van der Waals surface area contributed by atoms with E-state index in [1.54, 1.807) is 30.1 Å². The zero-order valence-electron chi connectivity index (χ0n) is 11.5. The maximum Gasteiger partial charge on any atom is 0.326 e. The van der Waals surface area contributed by atoms with Crippen LogP contribution in [0, 0.1) is 0 Å². The Balaban J connectivity index is 2.42. The number of urea groups is 1. The molecule has 0 saturated carbocycles. The molecule has 0 radical (unpaired) electrons. The average Bonchev–Trinajstić information content (AvgIpc) is 2.86. The molecule has 1 rings (SSSR count). The van der Waals surface area contributed by atoms with Crippen molar-refractivity contribution < 1.29 is 24.6 Å². The number of carbonyl (C=O) groups excluding carboxylic acids is 1. The minimum atomic E-state index is -1.27. The van der Waals surface area contributed by atoms with Crippen molar-refractivity contribution in [3.05, 3.63) is 18.5 Å². The highest BCUT2D eigenvalue weighted by Crippen LogP contribution is 1.98. The monoisotopic (exact) mass is 298 g/mol. The molecule has 0 aliphatic heterocycles. The van der Waals surface area contributed by atoms with Crippen LogP contribution < -0.4 is 10.6 Å². The van der Waals surface area contributed by atoms with Crippen molar-refractivity contribution in [2.24, 2.45) is 0 Å². The Morgan fingerprint density at radius 1 is 1.29 bits per heavy atom. The maximum atomic E-state index is 11.7. The third-order valence-electron chi connectivity index (χ3n) is 2.65. The molecule has 2 amide bonds. The molecular weight excluding hydrogens is 280 g/mol. The normalized spacial score (nSPS) is 13.2. The lowest BCUT2D eigenvalue weighted by Gasteiger charge is -2.18. The summed E-state index contributed by atoms with van der Waals surface area (Å²) in [5, 5.41) is 26.3. The lowest BCUT2D eigenvalue weighted by molar-refractivity contribution is -0.140. The van der Waals surface area contributed by atoms with Crippen LogP contribution >= 0.6 is 0 Å². The first-order valence-corrected chi connectivity index (χ1v) is 6.37. The van der Waals surface area contributed by atoms with E-state index in [1.807, 2.05) is 0 Å². The lowest BCUT2D eigenvalue weighted by Crippen LogP contribution is -2.49. The van der Waals surface area contributed by atoms with Crippen molar-refractivity contribution in [3.8, 4) is 0 Å². The second kappa shape index (κ2) is 7.88. The first-order chi connectivity index (χ1) is 9.88. The van der Waals surface area contributed by atoms with Crippen molar-refractivity contribution in [1.29, 1.82) is 0 Å². The SMILES string of the molecule is CC(Cn1cccn1)NC(=O)N[C@@H](CCC(=O)O)C(=O)O. The number of hydrogen-bond acceptors (Lipinski definition) is 4. The summed E-state index contributed by atoms with van der Waals surface area (Å²) < 4.78 is 1.63. The lowest BCUT2D eigenvalue weighted by atomic mass is 10.1. The summed E-state index contributed by atoms with van der Waals surface area (Å²) in [5.74, 6) is -2.39. The Labute approximate surface area is 120 Å². The number of nitrogens with zero attached hydrogens (tertiary/aromatic N) is 2. The van der Waals surface area contributed by atoms with Gasteiger partial charge >= 0.3 is 18.0 Å². The summed E-state index contributed by atoms with van der Waals surface area (Å²) in [7, 11) is 0. The molecule has 0 aliphatic carbocycles. The van der Waals surface area contributed by atoms with Crippen molar-refractivity contribution in [2.75, 3.05) is 0 Å². The number of amides is 2. The van der Waals surface area contributed by atoms with Gasteiger partial charge in [0.05, 0.1) is 6.54 Å². The third kappa shape index (κ3) is 6.41. The molecule has 2 atom stereocenters. The predicted molar refractivity (Wildman–Crippen MR) is 71.7 cm³/mol. The van der Waals surface area contributed by atoms with Crippen LogP contribution in [0.3, 0.4) is 0 Å². The van der Waals surface area contributed by atoms with Gasteiger partial charge in [0.2, 0.25) is 0 Å². The van der Waals surface area contributed by atoms with Crippen molar-refractivity contribution in [1.82, 2.24) is 20.4 Å². The molecule has 9 nitrogen and oxygen atoms in total. The highest BCUT2D eigenvalue weighted by molar-refractivity contribution is 5.83. The van der Waals surface area contributed by atoms with Crippen LogP contribution in [0.1, 0.15) is 19.8 Å². The van der Waals surface area contributed by atoms with Crippen LogP contribution in [0.5, 0.6) is 0 Å². The fraction of sp³-hybridized carbons (Fsp3) is 0.500. The van der Waals surface area contributed by atoms with Crippen molar-refractivity contribution >= 4 is 18.0 Å². The number of carbonyl (C=O) groups is 3. The van der Waals surface area contributed by atoms with Crippen LogP contribution in [-0.4, -0.2) is 50.0 Å². The highest BCUT2D eigenvalue weighted by Gasteiger charge is 2.21. The zero-order valence-corrected chi connectivity index (χ0v) is 11.5. The minimum Gasteiger partial charge on any atom is -0.481 e. The topological polar surface area (TPSA) is 134 Å². The van der Waals surface area contributed by atoms with E-state index in [4.69, 9.17) is 10.2 Å². The molecule has 0 aromatic carbocycles. The standard InChI is InChI=1S/C12H18N4O5/c1-8(7-16-6-2-5-13-16)14-12(21)15-9(11(19)20)3-4-10(17)18/h2,5-6,8-9H,3-4,7H2,1H3,(H,17,18)(H,19,20)(H2,14,15,21)/t8?,9-/m0/s1. The Kier molecular flexibility index (Phi) is 6.18. The highest BCUT2D eigenvalue weighted by atomic mass is 16.4. The molecule has 0 saturated heterocycles. The van der Waals surface area contributed by atoms with Crippen molar-refractivity contribution in [2.45, 2.75) is 38.4 Å². The number of aromatic nitrogens is 2. The fourth-order valence-corrected chi connectivity index (χ4v) is 1.68. The van der Waals surface area contributed by atoms with Gasteiger partial charge in [0, 0.05) is 24.9 Å². The Morgan fingerprint density at radius 3 is 2.52 bits per heavy atom. The van der Waals surface area contributed by atoms with E-state index >= 15 is 0 Å². The Bertz CT molecular complexity index is 488. The molecular formula is C12H18N4O5. The quantitative estimate of drug-likeness (QED) is 0.529. The molecule has 9 heteroatoms. The molecule has 0 fully saturated rings. The maximum absolute atomic E-state index is 11.7.